The lowest BCUT2D eigenvalue weighted by molar-refractivity contribution is 1.16. The summed E-state index contributed by atoms with van der Waals surface area (Å²) in [6.07, 6.45) is 0. The molecule has 5 aromatic carbocycles. The molecule has 0 aliphatic carbocycles. The first-order valence-corrected chi connectivity index (χ1v) is 11.9. The number of hydrogen-bond acceptors (Lipinski definition) is 0. The zero-order valence-corrected chi connectivity index (χ0v) is 20.6. The largest absolute Gasteiger partial charge is 0.308 e. The van der Waals surface area contributed by atoms with E-state index in [0.29, 0.717) is 21.9 Å². The van der Waals surface area contributed by atoms with Gasteiger partial charge in [0.25, 0.3) is 0 Å². The molecule has 6 aromatic rings. The van der Waals surface area contributed by atoms with Crippen LogP contribution in [0.2, 0.25) is 0 Å². The summed E-state index contributed by atoms with van der Waals surface area (Å²) in [6.45, 7) is 0. The molecule has 0 N–H and O–H groups in total. The quantitative estimate of drug-likeness (QED) is 0.176. The van der Waals surface area contributed by atoms with Crippen molar-refractivity contribution in [1.82, 2.24) is 4.57 Å². The Labute approximate surface area is 229 Å². The fourth-order valence-electron chi connectivity index (χ4n) is 4.04. The van der Waals surface area contributed by atoms with Crippen LogP contribution in [0.5, 0.6) is 0 Å². The summed E-state index contributed by atoms with van der Waals surface area (Å²) >= 11 is 5.82. The third kappa shape index (κ3) is 3.69. The van der Waals surface area contributed by atoms with Crippen molar-refractivity contribution >= 4 is 60.3 Å². The van der Waals surface area contributed by atoms with Crippen LogP contribution in [0, 0.1) is 3.57 Å². The molecule has 6 rings (SSSR count). The van der Waals surface area contributed by atoms with E-state index in [1.165, 1.54) is 0 Å². The minimum absolute atomic E-state index is 0.0765. The van der Waals surface area contributed by atoms with Gasteiger partial charge in [-0.15, -0.1) is 0 Å². The fraction of sp³-hybridized carbons (Fsp3) is 0. The van der Waals surface area contributed by atoms with Crippen LogP contribution in [0.3, 0.4) is 0 Å². The van der Waals surface area contributed by atoms with Gasteiger partial charge in [-0.2, -0.15) is 0 Å². The molecule has 0 amide bonds. The molecule has 0 fully saturated rings. The van der Waals surface area contributed by atoms with Crippen LogP contribution in [-0.2, 0) is 0 Å². The van der Waals surface area contributed by atoms with Crippen molar-refractivity contribution < 1.29 is 13.7 Å². The van der Waals surface area contributed by atoms with E-state index < -0.39 is 36.3 Å². The Morgan fingerprint density at radius 1 is 0.606 bits per heavy atom. The number of fused-ring (bicyclic) bond motifs is 3. The number of halogens is 2. The lowest BCUT2D eigenvalue weighted by Gasteiger charge is -2.11. The molecular formula is C30H19BrIN. The van der Waals surface area contributed by atoms with E-state index in [-0.39, 0.29) is 35.3 Å². The van der Waals surface area contributed by atoms with Crippen molar-refractivity contribution in [3.05, 3.63) is 123 Å². The first kappa shape index (κ1) is 12.5. The van der Waals surface area contributed by atoms with E-state index in [1.807, 2.05) is 30.3 Å². The highest BCUT2D eigenvalue weighted by Gasteiger charge is 2.16. The van der Waals surface area contributed by atoms with Gasteiger partial charge in [0.1, 0.15) is 0 Å². The lowest BCUT2D eigenvalue weighted by atomic mass is 10.0. The molecule has 0 unspecified atom stereocenters. The predicted octanol–water partition coefficient (Wildman–Crippen LogP) is 9.48. The van der Waals surface area contributed by atoms with E-state index >= 15 is 0 Å². The number of aromatic nitrogens is 1. The monoisotopic (exact) mass is 609 g/mol. The average molecular weight is 610 g/mol. The maximum Gasteiger partial charge on any atom is 0.0629 e. The maximum atomic E-state index is 8.51. The first-order chi connectivity index (χ1) is 20.3. The average Bonchev–Trinajstić information content (AvgIpc) is 3.31. The molecule has 0 aliphatic heterocycles. The fourth-order valence-corrected chi connectivity index (χ4v) is 4.97. The Balaban J connectivity index is 1.74. The van der Waals surface area contributed by atoms with Crippen molar-refractivity contribution in [1.29, 1.82) is 0 Å². The van der Waals surface area contributed by atoms with Gasteiger partial charge in [0.05, 0.1) is 30.4 Å². The molecule has 33 heavy (non-hydrogen) atoms. The molecule has 0 saturated carbocycles. The van der Waals surface area contributed by atoms with Gasteiger partial charge in [-0.05, 0) is 87.3 Å². The minimum atomic E-state index is -0.469. The Hall–Kier alpha value is -2.89. The first-order valence-electron chi connectivity index (χ1n) is 15.0. The van der Waals surface area contributed by atoms with Gasteiger partial charge >= 0.3 is 0 Å². The number of nitrogens with zero attached hydrogens (tertiary/aromatic N) is 1. The Morgan fingerprint density at radius 2 is 1.12 bits per heavy atom. The van der Waals surface area contributed by atoms with E-state index in [0.717, 1.165) is 24.8 Å². The number of rotatable bonds is 3. The summed E-state index contributed by atoms with van der Waals surface area (Å²) in [5.41, 5.74) is 3.45. The molecule has 0 bridgehead atoms. The highest BCUT2D eigenvalue weighted by atomic mass is 127. The van der Waals surface area contributed by atoms with Crippen LogP contribution in [0.1, 0.15) is 13.7 Å². The molecule has 0 saturated heterocycles. The summed E-state index contributed by atoms with van der Waals surface area (Å²) in [6, 6.07) is 12.7. The minimum Gasteiger partial charge on any atom is -0.308 e. The normalized spacial score (nSPS) is 15.6. The van der Waals surface area contributed by atoms with E-state index in [9.17, 15) is 0 Å². The molecule has 0 aliphatic rings. The van der Waals surface area contributed by atoms with Gasteiger partial charge in [-0.25, -0.2) is 0 Å². The van der Waals surface area contributed by atoms with Gasteiger partial charge in [0.2, 0.25) is 0 Å². The molecule has 3 heteroatoms. The van der Waals surface area contributed by atoms with Crippen LogP contribution in [0.4, 0.5) is 0 Å². The lowest BCUT2D eigenvalue weighted by Crippen LogP contribution is -1.97. The zero-order chi connectivity index (χ0) is 31.1. The van der Waals surface area contributed by atoms with Gasteiger partial charge in [-0.1, -0.05) is 88.5 Å². The molecule has 0 radical (unpaired) electrons. The van der Waals surface area contributed by atoms with E-state index in [1.54, 1.807) is 24.3 Å². The Morgan fingerprint density at radius 3 is 1.64 bits per heavy atom. The topological polar surface area (TPSA) is 4.93 Å². The predicted molar refractivity (Wildman–Crippen MR) is 152 cm³/mol. The molecule has 1 heterocycles. The second kappa shape index (κ2) is 8.47. The van der Waals surface area contributed by atoms with Crippen molar-refractivity contribution in [2.45, 2.75) is 0 Å². The standard InChI is InChI=1S/C30H19BrIN/c31-24-13-14-27(32)30(19-24)33-28-15-11-22(20-7-3-1-4-8-20)17-25(28)26-18-23(12-16-29(26)33)21-9-5-2-6-10-21/h1-19H/i1D,2D,3D,4D,5D,6D,7D,8D,9D,10D. The third-order valence-corrected chi connectivity index (χ3v) is 6.90. The van der Waals surface area contributed by atoms with Crippen molar-refractivity contribution in [2.75, 3.05) is 0 Å². The summed E-state index contributed by atoms with van der Waals surface area (Å²) in [4.78, 5) is 0. The summed E-state index contributed by atoms with van der Waals surface area (Å²) < 4.78 is 86.5. The Kier molecular flexibility index (Phi) is 3.22. The van der Waals surface area contributed by atoms with Gasteiger partial charge in [0, 0.05) is 18.8 Å². The highest BCUT2D eigenvalue weighted by molar-refractivity contribution is 14.1. The van der Waals surface area contributed by atoms with Crippen LogP contribution in [0.25, 0.3) is 49.7 Å². The van der Waals surface area contributed by atoms with Crippen LogP contribution >= 0.6 is 38.5 Å². The van der Waals surface area contributed by atoms with Crippen molar-refractivity contribution in [3.63, 3.8) is 0 Å². The highest BCUT2D eigenvalue weighted by Crippen LogP contribution is 2.38. The second-order valence-electron chi connectivity index (χ2n) is 7.40. The SMILES string of the molecule is [2H]c1c([2H])c([2H])c(-c2ccc3c(c2)c2cc(-c4c([2H])c([2H])c([2H])c([2H])c4[2H])ccc2n3-c2cc(Br)ccc2I)c([2H])c1[2H]. The molecule has 0 spiro atoms. The van der Waals surface area contributed by atoms with Crippen LogP contribution in [0.15, 0.2) is 119 Å². The zero-order valence-electron chi connectivity index (χ0n) is 26.9. The second-order valence-corrected chi connectivity index (χ2v) is 9.47. The molecule has 1 nitrogen and oxygen atoms in total. The third-order valence-electron chi connectivity index (χ3n) is 5.49. The van der Waals surface area contributed by atoms with Gasteiger partial charge in [-0.3, -0.25) is 0 Å². The summed E-state index contributed by atoms with van der Waals surface area (Å²) in [5, 5.41) is 1.40. The number of hydrogen-bond donors (Lipinski definition) is 0. The van der Waals surface area contributed by atoms with E-state index in [4.69, 9.17) is 13.7 Å². The van der Waals surface area contributed by atoms with Crippen LogP contribution < -0.4 is 0 Å². The molecular weight excluding hydrogens is 581 g/mol. The van der Waals surface area contributed by atoms with Crippen LogP contribution in [-0.4, -0.2) is 4.57 Å². The van der Waals surface area contributed by atoms with Gasteiger partial charge in [0.15, 0.2) is 0 Å². The van der Waals surface area contributed by atoms with Crippen molar-refractivity contribution in [3.8, 4) is 27.9 Å². The molecule has 158 valence electrons. The maximum absolute atomic E-state index is 8.51. The van der Waals surface area contributed by atoms with Crippen molar-refractivity contribution in [2.24, 2.45) is 0 Å². The van der Waals surface area contributed by atoms with E-state index in [2.05, 4.69) is 43.1 Å². The molecule has 1 aromatic heterocycles. The Bertz CT molecular complexity index is 1990. The molecule has 0 atom stereocenters. The smallest absolute Gasteiger partial charge is 0.0629 e. The van der Waals surface area contributed by atoms with Gasteiger partial charge < -0.3 is 4.57 Å². The number of benzene rings is 5. The summed E-state index contributed by atoms with van der Waals surface area (Å²) in [7, 11) is 0. The summed E-state index contributed by atoms with van der Waals surface area (Å²) in [5.74, 6) is 0.